The van der Waals surface area contributed by atoms with E-state index in [1.165, 1.54) is 0 Å². The van der Waals surface area contributed by atoms with E-state index in [9.17, 15) is 13.6 Å². The van der Waals surface area contributed by atoms with Crippen LogP contribution in [0.15, 0.2) is 24.3 Å². The fourth-order valence-electron chi connectivity index (χ4n) is 2.06. The van der Waals surface area contributed by atoms with Gasteiger partial charge in [0.1, 0.15) is 5.75 Å². The SMILES string of the molecule is COc1ccccc1CNC(=O)C1CC(F)(F)CN1. The van der Waals surface area contributed by atoms with Crippen molar-refractivity contribution in [1.29, 1.82) is 0 Å². The molecule has 1 atom stereocenters. The van der Waals surface area contributed by atoms with Gasteiger partial charge in [-0.1, -0.05) is 18.2 Å². The van der Waals surface area contributed by atoms with Gasteiger partial charge in [0.15, 0.2) is 0 Å². The van der Waals surface area contributed by atoms with Crippen LogP contribution in [0.4, 0.5) is 8.78 Å². The van der Waals surface area contributed by atoms with Gasteiger partial charge >= 0.3 is 0 Å². The van der Waals surface area contributed by atoms with Crippen molar-refractivity contribution in [3.8, 4) is 5.75 Å². The van der Waals surface area contributed by atoms with Crippen molar-refractivity contribution < 1.29 is 18.3 Å². The Morgan fingerprint density at radius 2 is 2.26 bits per heavy atom. The molecule has 0 spiro atoms. The van der Waals surface area contributed by atoms with Crippen molar-refractivity contribution in [2.24, 2.45) is 0 Å². The molecule has 1 unspecified atom stereocenters. The van der Waals surface area contributed by atoms with E-state index in [0.29, 0.717) is 5.75 Å². The minimum atomic E-state index is -2.80. The van der Waals surface area contributed by atoms with E-state index in [2.05, 4.69) is 10.6 Å². The molecule has 2 N–H and O–H groups in total. The molecule has 0 aliphatic carbocycles. The first-order valence-electron chi connectivity index (χ1n) is 6.03. The second kappa shape index (κ2) is 5.52. The number of nitrogens with one attached hydrogen (secondary N) is 2. The molecule has 2 rings (SSSR count). The normalized spacial score (nSPS) is 21.1. The molecule has 1 aromatic rings. The van der Waals surface area contributed by atoms with Crippen molar-refractivity contribution in [1.82, 2.24) is 10.6 Å². The number of methoxy groups -OCH3 is 1. The average Bonchev–Trinajstić information content (AvgIpc) is 2.76. The van der Waals surface area contributed by atoms with E-state index >= 15 is 0 Å². The summed E-state index contributed by atoms with van der Waals surface area (Å²) in [6.45, 7) is -0.188. The first-order chi connectivity index (χ1) is 9.02. The third-order valence-corrected chi connectivity index (χ3v) is 3.07. The molecule has 6 heteroatoms. The van der Waals surface area contributed by atoms with Gasteiger partial charge in [-0.3, -0.25) is 10.1 Å². The average molecular weight is 270 g/mol. The standard InChI is InChI=1S/C13H16F2N2O2/c1-19-11-5-3-2-4-9(11)7-16-12(18)10-6-13(14,15)8-17-10/h2-5,10,17H,6-8H2,1H3,(H,16,18). The Morgan fingerprint density at radius 3 is 2.89 bits per heavy atom. The third-order valence-electron chi connectivity index (χ3n) is 3.07. The van der Waals surface area contributed by atoms with E-state index in [1.54, 1.807) is 13.2 Å². The number of amides is 1. The lowest BCUT2D eigenvalue weighted by atomic mass is 10.1. The van der Waals surface area contributed by atoms with Gasteiger partial charge in [-0.05, 0) is 6.07 Å². The van der Waals surface area contributed by atoms with E-state index in [-0.39, 0.29) is 6.54 Å². The fraction of sp³-hybridized carbons (Fsp3) is 0.462. The molecule has 0 bridgehead atoms. The van der Waals surface area contributed by atoms with Crippen molar-refractivity contribution in [3.63, 3.8) is 0 Å². The van der Waals surface area contributed by atoms with Crippen molar-refractivity contribution >= 4 is 5.91 Å². The second-order valence-electron chi connectivity index (χ2n) is 4.52. The van der Waals surface area contributed by atoms with Crippen LogP contribution in [0.25, 0.3) is 0 Å². The van der Waals surface area contributed by atoms with Gasteiger partial charge in [0.05, 0.1) is 19.7 Å². The molecule has 4 nitrogen and oxygen atoms in total. The summed E-state index contributed by atoms with van der Waals surface area (Å²) in [6, 6.07) is 6.42. The molecule has 104 valence electrons. The van der Waals surface area contributed by atoms with Gasteiger partial charge in [-0.2, -0.15) is 0 Å². The summed E-state index contributed by atoms with van der Waals surface area (Å²) in [6.07, 6.45) is -0.454. The van der Waals surface area contributed by atoms with Gasteiger partial charge in [0, 0.05) is 18.5 Å². The van der Waals surface area contributed by atoms with Crippen molar-refractivity contribution in [2.45, 2.75) is 24.9 Å². The molecule has 1 fully saturated rings. The summed E-state index contributed by atoms with van der Waals surface area (Å²) < 4.78 is 31.1. The Bertz CT molecular complexity index is 466. The molecule has 0 aromatic heterocycles. The summed E-state index contributed by atoms with van der Waals surface area (Å²) in [7, 11) is 1.54. The van der Waals surface area contributed by atoms with E-state index in [4.69, 9.17) is 4.74 Å². The summed E-state index contributed by atoms with van der Waals surface area (Å²) in [4.78, 5) is 11.8. The molecule has 1 heterocycles. The monoisotopic (exact) mass is 270 g/mol. The van der Waals surface area contributed by atoms with Crippen molar-refractivity contribution in [3.05, 3.63) is 29.8 Å². The molecule has 1 saturated heterocycles. The zero-order valence-electron chi connectivity index (χ0n) is 10.6. The number of carbonyl (C=O) groups excluding carboxylic acids is 1. The highest BCUT2D eigenvalue weighted by atomic mass is 19.3. The van der Waals surface area contributed by atoms with Gasteiger partial charge in [0.25, 0.3) is 5.92 Å². The largest absolute Gasteiger partial charge is 0.496 e. The number of halogens is 2. The first-order valence-corrected chi connectivity index (χ1v) is 6.03. The maximum atomic E-state index is 13.0. The third kappa shape index (κ3) is 3.41. The minimum absolute atomic E-state index is 0.257. The number of rotatable bonds is 4. The van der Waals surface area contributed by atoms with Gasteiger partial charge < -0.3 is 10.1 Å². The van der Waals surface area contributed by atoms with Crippen LogP contribution in [0.2, 0.25) is 0 Å². The molecule has 0 saturated carbocycles. The molecular weight excluding hydrogens is 254 g/mol. The topological polar surface area (TPSA) is 50.4 Å². The molecule has 1 amide bonds. The number of carbonyl (C=O) groups is 1. The quantitative estimate of drug-likeness (QED) is 0.867. The number of para-hydroxylation sites is 1. The molecule has 0 radical (unpaired) electrons. The fourth-order valence-corrected chi connectivity index (χ4v) is 2.06. The Morgan fingerprint density at radius 1 is 1.53 bits per heavy atom. The molecule has 1 aliphatic rings. The number of benzene rings is 1. The van der Waals surface area contributed by atoms with Crippen LogP contribution < -0.4 is 15.4 Å². The first kappa shape index (κ1) is 13.7. The zero-order chi connectivity index (χ0) is 13.9. The molecule has 1 aliphatic heterocycles. The second-order valence-corrected chi connectivity index (χ2v) is 4.52. The van der Waals surface area contributed by atoms with Gasteiger partial charge in [0.2, 0.25) is 5.91 Å². The highest BCUT2D eigenvalue weighted by Crippen LogP contribution is 2.25. The van der Waals surface area contributed by atoms with Crippen LogP contribution in [-0.2, 0) is 11.3 Å². The van der Waals surface area contributed by atoms with Gasteiger partial charge in [-0.15, -0.1) is 0 Å². The number of hydrogen-bond donors (Lipinski definition) is 2. The zero-order valence-corrected chi connectivity index (χ0v) is 10.6. The maximum absolute atomic E-state index is 13.0. The van der Waals surface area contributed by atoms with Gasteiger partial charge in [-0.25, -0.2) is 8.78 Å². The lowest BCUT2D eigenvalue weighted by Gasteiger charge is -2.13. The highest BCUT2D eigenvalue weighted by molar-refractivity contribution is 5.82. The summed E-state index contributed by atoms with van der Waals surface area (Å²) >= 11 is 0. The van der Waals surface area contributed by atoms with Crippen LogP contribution >= 0.6 is 0 Å². The minimum Gasteiger partial charge on any atom is -0.496 e. The molecule has 19 heavy (non-hydrogen) atoms. The van der Waals surface area contributed by atoms with E-state index in [1.807, 2.05) is 18.2 Å². The predicted molar refractivity (Wildman–Crippen MR) is 66.2 cm³/mol. The number of alkyl halides is 2. The lowest BCUT2D eigenvalue weighted by molar-refractivity contribution is -0.123. The Hall–Kier alpha value is -1.69. The smallest absolute Gasteiger partial charge is 0.262 e. The van der Waals surface area contributed by atoms with E-state index in [0.717, 1.165) is 5.56 Å². The highest BCUT2D eigenvalue weighted by Gasteiger charge is 2.42. The van der Waals surface area contributed by atoms with Crippen LogP contribution in [0.3, 0.4) is 0 Å². The Kier molecular flexibility index (Phi) is 3.99. The molecular formula is C13H16F2N2O2. The van der Waals surface area contributed by atoms with Crippen molar-refractivity contribution in [2.75, 3.05) is 13.7 Å². The van der Waals surface area contributed by atoms with Crippen LogP contribution in [-0.4, -0.2) is 31.5 Å². The summed E-state index contributed by atoms with van der Waals surface area (Å²) in [5.74, 6) is -2.55. The van der Waals surface area contributed by atoms with Crippen LogP contribution in [0.1, 0.15) is 12.0 Å². The summed E-state index contributed by atoms with van der Waals surface area (Å²) in [5, 5.41) is 5.16. The summed E-state index contributed by atoms with van der Waals surface area (Å²) in [5.41, 5.74) is 0.808. The molecule has 1 aromatic carbocycles. The van der Waals surface area contributed by atoms with E-state index < -0.39 is 30.8 Å². The Balaban J connectivity index is 1.90. The Labute approximate surface area is 110 Å². The maximum Gasteiger partial charge on any atom is 0.262 e. The lowest BCUT2D eigenvalue weighted by Crippen LogP contribution is -2.40. The number of hydrogen-bond acceptors (Lipinski definition) is 3. The predicted octanol–water partition coefficient (Wildman–Crippen LogP) is 1.31. The number of ether oxygens (including phenoxy) is 1. The van der Waals surface area contributed by atoms with Crippen LogP contribution in [0, 0.1) is 0 Å². The van der Waals surface area contributed by atoms with Crippen LogP contribution in [0.5, 0.6) is 5.75 Å².